The Labute approximate surface area is 372 Å². The third-order valence-corrected chi connectivity index (χ3v) is 11.9. The zero-order valence-electron chi connectivity index (χ0n) is 37.0. The monoisotopic (exact) mass is 872 g/mol. The predicted octanol–water partition coefficient (Wildman–Crippen LogP) is 5.21. The second-order valence-electron chi connectivity index (χ2n) is 16.8. The third-order valence-electron chi connectivity index (χ3n) is 11.9. The number of benzene rings is 2. The molecule has 5 aromatic rings. The summed E-state index contributed by atoms with van der Waals surface area (Å²) in [4.78, 5) is 62.2. The summed E-state index contributed by atoms with van der Waals surface area (Å²) >= 11 is 0. The van der Waals surface area contributed by atoms with Crippen molar-refractivity contribution in [2.45, 2.75) is 78.7 Å². The maximum atomic E-state index is 13.1. The zero-order valence-corrected chi connectivity index (χ0v) is 37.0. The minimum Gasteiger partial charge on any atom is -0.456 e. The number of aliphatic hydroxyl groups is 2. The molecular formula is C49H56N6O9. The molecule has 4 amide bonds. The molecule has 15 heteroatoms. The van der Waals surface area contributed by atoms with E-state index < -0.39 is 18.1 Å². The van der Waals surface area contributed by atoms with Gasteiger partial charge in [-0.05, 0) is 87.6 Å². The molecule has 8 rings (SSSR count). The van der Waals surface area contributed by atoms with Crippen molar-refractivity contribution >= 4 is 29.3 Å². The number of aliphatic hydroxyl groups excluding tert-OH is 2. The molecule has 0 spiro atoms. The molecule has 0 saturated carbocycles. The molecule has 3 unspecified atom stereocenters. The lowest BCUT2D eigenvalue weighted by Crippen LogP contribution is -2.40. The summed E-state index contributed by atoms with van der Waals surface area (Å²) in [5.41, 5.74) is 7.16. The van der Waals surface area contributed by atoms with Gasteiger partial charge in [0.05, 0.1) is 23.9 Å². The van der Waals surface area contributed by atoms with Crippen LogP contribution in [-0.4, -0.2) is 128 Å². The average Bonchev–Trinajstić information content (AvgIpc) is 4.04. The molecule has 3 aliphatic rings. The van der Waals surface area contributed by atoms with Crippen molar-refractivity contribution in [3.63, 3.8) is 0 Å². The lowest BCUT2D eigenvalue weighted by Gasteiger charge is -2.21. The smallest absolute Gasteiger partial charge is 0.290 e. The van der Waals surface area contributed by atoms with Gasteiger partial charge in [-0.25, -0.2) is 0 Å². The Morgan fingerprint density at radius 1 is 0.688 bits per heavy atom. The van der Waals surface area contributed by atoms with Crippen LogP contribution in [0.25, 0.3) is 0 Å². The van der Waals surface area contributed by atoms with E-state index >= 15 is 0 Å². The van der Waals surface area contributed by atoms with Crippen molar-refractivity contribution in [3.05, 3.63) is 147 Å². The van der Waals surface area contributed by atoms with Crippen LogP contribution in [-0.2, 0) is 35.4 Å². The highest BCUT2D eigenvalue weighted by atomic mass is 16.5. The Morgan fingerprint density at radius 3 is 1.75 bits per heavy atom. The van der Waals surface area contributed by atoms with E-state index in [2.05, 4.69) is 24.0 Å². The van der Waals surface area contributed by atoms with Crippen LogP contribution in [0.5, 0.6) is 0 Å². The van der Waals surface area contributed by atoms with Crippen LogP contribution >= 0.6 is 0 Å². The Balaban J connectivity index is 0.000000192. The first-order valence-electron chi connectivity index (χ1n) is 21.6. The molecule has 3 atom stereocenters. The van der Waals surface area contributed by atoms with Gasteiger partial charge in [0, 0.05) is 63.4 Å². The van der Waals surface area contributed by atoms with E-state index in [1.807, 2.05) is 81.4 Å². The highest BCUT2D eigenvalue weighted by molar-refractivity contribution is 6.01. The molecule has 6 heterocycles. The van der Waals surface area contributed by atoms with Crippen molar-refractivity contribution in [2.75, 3.05) is 45.8 Å². The standard InChI is InChI=1S/C26H31N3O4.C23H25N3O5/c1-17-18(2)27-19(3)23(17)13-22-9-10-24(33-22)26(32)29-15-21(30)14-28(25(31)16-29)12-11-20-7-5-4-6-8-20;1-15-20(16(2)31-24-15)10-19-8-9-21(30-19)23(29)26-13-18(27)12-25(22(28)14-26)11-17-6-4-3-5-7-17/h4-10,18,21,30H,11-16H2,1-3H3;3-9,18,27H,10-14H2,1-2H3. The lowest BCUT2D eigenvalue weighted by molar-refractivity contribution is -0.132. The third kappa shape index (κ3) is 11.1. The van der Waals surface area contributed by atoms with Gasteiger partial charge >= 0.3 is 0 Å². The van der Waals surface area contributed by atoms with E-state index in [-0.39, 0.29) is 74.6 Å². The molecule has 0 radical (unpaired) electrons. The summed E-state index contributed by atoms with van der Waals surface area (Å²) in [5, 5.41) is 24.8. The van der Waals surface area contributed by atoms with Gasteiger partial charge in [-0.1, -0.05) is 65.8 Å². The van der Waals surface area contributed by atoms with E-state index in [1.54, 1.807) is 34.1 Å². The highest BCUT2D eigenvalue weighted by Gasteiger charge is 2.33. The largest absolute Gasteiger partial charge is 0.456 e. The molecule has 2 saturated heterocycles. The molecule has 15 nitrogen and oxygen atoms in total. The number of β-amino-alcohol motifs (C(OH)–C–C–N with tert-alkyl or cyclic N) is 2. The van der Waals surface area contributed by atoms with Crippen LogP contribution in [0, 0.1) is 13.8 Å². The van der Waals surface area contributed by atoms with Crippen molar-refractivity contribution in [3.8, 4) is 0 Å². The SMILES string of the molecule is CC1=NC(C)C(C)=C1Cc1ccc(C(=O)N2CC(=O)N(CCc3ccccc3)CC(O)C2)o1.Cc1noc(C)c1Cc1ccc(C(=O)N2CC(=O)N(Cc3ccccc3)CC(O)C2)o1. The topological polar surface area (TPSA) is 186 Å². The van der Waals surface area contributed by atoms with Crippen molar-refractivity contribution < 1.29 is 42.7 Å². The van der Waals surface area contributed by atoms with Gasteiger partial charge in [-0.15, -0.1) is 0 Å². The Morgan fingerprint density at radius 2 is 1.22 bits per heavy atom. The molecule has 2 aromatic carbocycles. The number of carbonyl (C=O) groups excluding carboxylic acids is 4. The average molecular weight is 873 g/mol. The Hall–Kier alpha value is -6.58. The number of aromatic nitrogens is 1. The van der Waals surface area contributed by atoms with Gasteiger partial charge in [-0.2, -0.15) is 0 Å². The van der Waals surface area contributed by atoms with Crippen LogP contribution in [0.15, 0.2) is 114 Å². The van der Waals surface area contributed by atoms with Crippen molar-refractivity contribution in [1.29, 1.82) is 0 Å². The molecule has 0 bridgehead atoms. The number of amides is 4. The normalized spacial score (nSPS) is 19.4. The summed E-state index contributed by atoms with van der Waals surface area (Å²) in [6.45, 7) is 11.1. The minimum absolute atomic E-state index is 0.0652. The minimum atomic E-state index is -0.837. The van der Waals surface area contributed by atoms with Crippen LogP contribution in [0.3, 0.4) is 0 Å². The van der Waals surface area contributed by atoms with Crippen molar-refractivity contribution in [1.82, 2.24) is 24.8 Å². The Kier molecular flexibility index (Phi) is 14.4. The van der Waals surface area contributed by atoms with Crippen LogP contribution in [0.2, 0.25) is 0 Å². The Bertz CT molecular complexity index is 2480. The lowest BCUT2D eigenvalue weighted by atomic mass is 10.0. The molecule has 3 aromatic heterocycles. The van der Waals surface area contributed by atoms with E-state index in [9.17, 15) is 29.4 Å². The van der Waals surface area contributed by atoms with Crippen LogP contribution in [0.1, 0.15) is 81.5 Å². The van der Waals surface area contributed by atoms with Gasteiger partial charge in [0.1, 0.15) is 30.4 Å². The van der Waals surface area contributed by atoms with Crippen LogP contribution < -0.4 is 0 Å². The summed E-state index contributed by atoms with van der Waals surface area (Å²) in [5.74, 6) is 1.13. The second kappa shape index (κ2) is 20.3. The van der Waals surface area contributed by atoms with E-state index in [0.29, 0.717) is 49.6 Å². The number of rotatable bonds is 11. The number of hydrogen-bond acceptors (Lipinski definition) is 11. The number of carbonyl (C=O) groups is 4. The summed E-state index contributed by atoms with van der Waals surface area (Å²) in [6, 6.07) is 26.4. The molecular weight excluding hydrogens is 817 g/mol. The summed E-state index contributed by atoms with van der Waals surface area (Å²) in [6.07, 6.45) is 0.0907. The van der Waals surface area contributed by atoms with Gasteiger partial charge in [0.25, 0.3) is 11.8 Å². The quantitative estimate of drug-likeness (QED) is 0.179. The first kappa shape index (κ1) is 45.4. The number of hydrogen-bond donors (Lipinski definition) is 2. The maximum absolute atomic E-state index is 13.1. The number of nitrogens with zero attached hydrogens (tertiary/aromatic N) is 6. The first-order chi connectivity index (χ1) is 30.7. The summed E-state index contributed by atoms with van der Waals surface area (Å²) < 4.78 is 16.8. The molecule has 0 aliphatic carbocycles. The number of allylic oxidation sites excluding steroid dienone is 1. The van der Waals surface area contributed by atoms with E-state index in [1.165, 1.54) is 15.4 Å². The molecule has 336 valence electrons. The van der Waals surface area contributed by atoms with Gasteiger partial charge in [0.15, 0.2) is 11.5 Å². The van der Waals surface area contributed by atoms with Gasteiger partial charge < -0.3 is 43.2 Å². The fourth-order valence-corrected chi connectivity index (χ4v) is 8.24. The first-order valence-corrected chi connectivity index (χ1v) is 21.6. The van der Waals surface area contributed by atoms with E-state index in [0.717, 1.165) is 33.7 Å². The molecule has 64 heavy (non-hydrogen) atoms. The highest BCUT2D eigenvalue weighted by Crippen LogP contribution is 2.26. The predicted molar refractivity (Wildman–Crippen MR) is 238 cm³/mol. The van der Waals surface area contributed by atoms with Gasteiger partial charge in [0.2, 0.25) is 11.8 Å². The number of aryl methyl sites for hydroxylation is 2. The second-order valence-corrected chi connectivity index (χ2v) is 16.8. The molecule has 2 fully saturated rings. The maximum Gasteiger partial charge on any atom is 0.290 e. The zero-order chi connectivity index (χ0) is 45.5. The fourth-order valence-electron chi connectivity index (χ4n) is 8.24. The summed E-state index contributed by atoms with van der Waals surface area (Å²) in [7, 11) is 0. The molecule has 2 N–H and O–H groups in total. The van der Waals surface area contributed by atoms with E-state index in [4.69, 9.17) is 13.4 Å². The van der Waals surface area contributed by atoms with Gasteiger partial charge in [-0.3, -0.25) is 24.2 Å². The fraction of sp³-hybridized carbons (Fsp3) is 0.388. The van der Waals surface area contributed by atoms with Crippen LogP contribution in [0.4, 0.5) is 0 Å². The molecule has 3 aliphatic heterocycles. The number of furan rings is 2. The number of aliphatic imine (C=N–C) groups is 1. The van der Waals surface area contributed by atoms with Crippen molar-refractivity contribution in [2.24, 2.45) is 4.99 Å².